The summed E-state index contributed by atoms with van der Waals surface area (Å²) in [6, 6.07) is 6.28. The Balaban J connectivity index is 1.83. The predicted octanol–water partition coefficient (Wildman–Crippen LogP) is 1.81. The molecule has 1 aliphatic carbocycles. The highest BCUT2D eigenvalue weighted by molar-refractivity contribution is 7.89. The summed E-state index contributed by atoms with van der Waals surface area (Å²) in [5, 5.41) is 0. The van der Waals surface area contributed by atoms with Gasteiger partial charge in [-0.25, -0.2) is 17.2 Å². The molecule has 0 aromatic heterocycles. The summed E-state index contributed by atoms with van der Waals surface area (Å²) in [5.74, 6) is -3.80. The van der Waals surface area contributed by atoms with Crippen molar-refractivity contribution in [2.75, 3.05) is 13.1 Å². The van der Waals surface area contributed by atoms with Gasteiger partial charge in [0.15, 0.2) is 0 Å². The molecule has 21 heavy (non-hydrogen) atoms. The van der Waals surface area contributed by atoms with Crippen LogP contribution in [0.1, 0.15) is 18.4 Å². The molecule has 1 aromatic rings. The van der Waals surface area contributed by atoms with Gasteiger partial charge in [-0.3, -0.25) is 0 Å². The van der Waals surface area contributed by atoms with Crippen molar-refractivity contribution in [3.05, 3.63) is 29.8 Å². The minimum Gasteiger partial charge on any atom is -0.326 e. The maximum Gasteiger partial charge on any atom is 0.252 e. The van der Waals surface area contributed by atoms with E-state index in [1.165, 1.54) is 16.4 Å². The van der Waals surface area contributed by atoms with Crippen molar-refractivity contribution in [3.63, 3.8) is 0 Å². The summed E-state index contributed by atoms with van der Waals surface area (Å²) >= 11 is 0. The number of benzene rings is 1. The van der Waals surface area contributed by atoms with Crippen LogP contribution in [0.25, 0.3) is 0 Å². The van der Waals surface area contributed by atoms with Crippen LogP contribution in [-0.2, 0) is 16.6 Å². The van der Waals surface area contributed by atoms with Crippen LogP contribution >= 0.6 is 0 Å². The highest BCUT2D eigenvalue weighted by Gasteiger charge is 2.55. The van der Waals surface area contributed by atoms with E-state index in [9.17, 15) is 17.2 Å². The quantitative estimate of drug-likeness (QED) is 0.925. The molecule has 1 aliphatic heterocycles. The van der Waals surface area contributed by atoms with Crippen molar-refractivity contribution in [2.24, 2.45) is 17.6 Å². The fourth-order valence-corrected chi connectivity index (χ4v) is 4.83. The molecule has 2 N–H and O–H groups in total. The first-order chi connectivity index (χ1) is 9.84. The van der Waals surface area contributed by atoms with E-state index in [-0.39, 0.29) is 30.3 Å². The molecule has 0 bridgehead atoms. The molecule has 1 saturated carbocycles. The molecule has 2 atom stereocenters. The van der Waals surface area contributed by atoms with Crippen molar-refractivity contribution in [2.45, 2.75) is 30.2 Å². The van der Waals surface area contributed by atoms with Gasteiger partial charge in [-0.15, -0.1) is 0 Å². The Hall–Kier alpha value is -1.05. The number of rotatable bonds is 3. The van der Waals surface area contributed by atoms with Crippen LogP contribution in [0.4, 0.5) is 8.78 Å². The first kappa shape index (κ1) is 14.9. The second kappa shape index (κ2) is 5.00. The Morgan fingerprint density at radius 2 is 1.90 bits per heavy atom. The number of nitrogens with zero attached hydrogens (tertiary/aromatic N) is 1. The van der Waals surface area contributed by atoms with Gasteiger partial charge in [0.25, 0.3) is 5.92 Å². The minimum atomic E-state index is -3.70. The maximum absolute atomic E-state index is 13.7. The van der Waals surface area contributed by atoms with Crippen LogP contribution in [0.3, 0.4) is 0 Å². The van der Waals surface area contributed by atoms with E-state index in [1.54, 1.807) is 12.1 Å². The molecule has 0 spiro atoms. The maximum atomic E-state index is 13.7. The highest BCUT2D eigenvalue weighted by Crippen LogP contribution is 2.49. The Morgan fingerprint density at radius 3 is 2.48 bits per heavy atom. The van der Waals surface area contributed by atoms with E-state index in [0.717, 1.165) is 5.56 Å². The summed E-state index contributed by atoms with van der Waals surface area (Å²) in [6.07, 6.45) is 0.275. The van der Waals surface area contributed by atoms with E-state index >= 15 is 0 Å². The van der Waals surface area contributed by atoms with Crippen LogP contribution in [0.5, 0.6) is 0 Å². The molecule has 3 rings (SSSR count). The largest absolute Gasteiger partial charge is 0.326 e. The number of sulfonamides is 1. The number of hydrogen-bond acceptors (Lipinski definition) is 3. The fraction of sp³-hybridized carbons (Fsp3) is 0.571. The van der Waals surface area contributed by atoms with Gasteiger partial charge in [-0.2, -0.15) is 4.31 Å². The molecule has 2 unspecified atom stereocenters. The van der Waals surface area contributed by atoms with Gasteiger partial charge in [-0.1, -0.05) is 12.1 Å². The Kier molecular flexibility index (Phi) is 3.54. The average Bonchev–Trinajstić information content (AvgIpc) is 3.01. The number of fused-ring (bicyclic) bond motifs is 1. The third kappa shape index (κ3) is 2.47. The van der Waals surface area contributed by atoms with Crippen molar-refractivity contribution in [1.82, 2.24) is 4.31 Å². The van der Waals surface area contributed by atoms with Gasteiger partial charge in [0.2, 0.25) is 10.0 Å². The molecule has 2 fully saturated rings. The zero-order valence-electron chi connectivity index (χ0n) is 11.5. The number of hydrogen-bond donors (Lipinski definition) is 1. The highest BCUT2D eigenvalue weighted by atomic mass is 32.2. The van der Waals surface area contributed by atoms with Crippen LogP contribution < -0.4 is 5.73 Å². The molecule has 1 aromatic carbocycles. The monoisotopic (exact) mass is 316 g/mol. The SMILES string of the molecule is NCc1ccc(S(=O)(=O)N2CC3CCC(F)(F)C3C2)cc1. The molecule has 1 saturated heterocycles. The van der Waals surface area contributed by atoms with Crippen LogP contribution in [-0.4, -0.2) is 31.7 Å². The lowest BCUT2D eigenvalue weighted by Gasteiger charge is -2.20. The third-order valence-corrected chi connectivity index (χ3v) is 6.44. The molecular weight excluding hydrogens is 298 g/mol. The van der Waals surface area contributed by atoms with Crippen molar-refractivity contribution in [3.8, 4) is 0 Å². The zero-order chi connectivity index (χ0) is 15.3. The first-order valence-corrected chi connectivity index (χ1v) is 8.45. The lowest BCUT2D eigenvalue weighted by Crippen LogP contribution is -2.33. The summed E-state index contributed by atoms with van der Waals surface area (Å²) in [5.41, 5.74) is 6.31. The number of halogens is 2. The zero-order valence-corrected chi connectivity index (χ0v) is 12.3. The Labute approximate surface area is 123 Å². The van der Waals surface area contributed by atoms with Crippen LogP contribution in [0.2, 0.25) is 0 Å². The van der Waals surface area contributed by atoms with Gasteiger partial charge in [0, 0.05) is 32.0 Å². The average molecular weight is 316 g/mol. The first-order valence-electron chi connectivity index (χ1n) is 7.01. The second-order valence-corrected chi connectivity index (χ2v) is 7.77. The van der Waals surface area contributed by atoms with Gasteiger partial charge in [0.05, 0.1) is 4.90 Å². The molecule has 0 amide bonds. The van der Waals surface area contributed by atoms with Gasteiger partial charge < -0.3 is 5.73 Å². The number of nitrogens with two attached hydrogens (primary N) is 1. The van der Waals surface area contributed by atoms with Crippen LogP contribution in [0, 0.1) is 11.8 Å². The van der Waals surface area contributed by atoms with Crippen LogP contribution in [0.15, 0.2) is 29.2 Å². The smallest absolute Gasteiger partial charge is 0.252 e. The lowest BCUT2D eigenvalue weighted by molar-refractivity contribution is -0.0376. The topological polar surface area (TPSA) is 63.4 Å². The standard InChI is InChI=1S/C14H18F2N2O2S/c15-14(16)6-5-11-8-18(9-13(11)14)21(19,20)12-3-1-10(7-17)2-4-12/h1-4,11,13H,5-9,17H2. The molecule has 0 radical (unpaired) electrons. The summed E-state index contributed by atoms with van der Waals surface area (Å²) in [7, 11) is -3.70. The summed E-state index contributed by atoms with van der Waals surface area (Å²) < 4.78 is 53.7. The van der Waals surface area contributed by atoms with Crippen molar-refractivity contribution >= 4 is 10.0 Å². The molecule has 7 heteroatoms. The summed E-state index contributed by atoms with van der Waals surface area (Å²) in [4.78, 5) is 0.142. The molecule has 116 valence electrons. The third-order valence-electron chi connectivity index (χ3n) is 4.60. The predicted molar refractivity (Wildman–Crippen MR) is 74.3 cm³/mol. The second-order valence-electron chi connectivity index (χ2n) is 5.84. The Bertz CT molecular complexity index is 631. The summed E-state index contributed by atoms with van der Waals surface area (Å²) in [6.45, 7) is 0.445. The molecule has 4 nitrogen and oxygen atoms in total. The van der Waals surface area contributed by atoms with Gasteiger partial charge in [0.1, 0.15) is 0 Å². The van der Waals surface area contributed by atoms with E-state index < -0.39 is 21.9 Å². The van der Waals surface area contributed by atoms with E-state index in [0.29, 0.717) is 13.0 Å². The van der Waals surface area contributed by atoms with Crippen molar-refractivity contribution < 1.29 is 17.2 Å². The van der Waals surface area contributed by atoms with Gasteiger partial charge in [-0.05, 0) is 30.0 Å². The van der Waals surface area contributed by atoms with E-state index in [4.69, 9.17) is 5.73 Å². The minimum absolute atomic E-state index is 0.0847. The number of alkyl halides is 2. The van der Waals surface area contributed by atoms with Gasteiger partial charge >= 0.3 is 0 Å². The Morgan fingerprint density at radius 1 is 1.24 bits per heavy atom. The normalized spacial score (nSPS) is 28.7. The fourth-order valence-electron chi connectivity index (χ4n) is 3.31. The van der Waals surface area contributed by atoms with E-state index in [2.05, 4.69) is 0 Å². The molecular formula is C14H18F2N2O2S. The van der Waals surface area contributed by atoms with Crippen molar-refractivity contribution in [1.29, 1.82) is 0 Å². The van der Waals surface area contributed by atoms with E-state index in [1.807, 2.05) is 0 Å². The lowest BCUT2D eigenvalue weighted by atomic mass is 9.99. The molecule has 1 heterocycles. The molecule has 2 aliphatic rings.